The molecule has 19 heteroatoms. The van der Waals surface area contributed by atoms with Crippen LogP contribution in [0.3, 0.4) is 0 Å². The number of fused-ring (bicyclic) bond motifs is 6. The minimum absolute atomic E-state index is 0.0131. The van der Waals surface area contributed by atoms with Gasteiger partial charge in [-0.15, -0.1) is 0 Å². The molecule has 9 rings (SSSR count). The summed E-state index contributed by atoms with van der Waals surface area (Å²) in [6.07, 6.45) is 1.15. The van der Waals surface area contributed by atoms with Crippen molar-refractivity contribution in [2.24, 2.45) is 0 Å². The number of carbonyl (C=O) groups is 2. The first kappa shape index (κ1) is 47.8. The number of aromatic hydroxyl groups is 2. The van der Waals surface area contributed by atoms with E-state index in [1.54, 1.807) is 0 Å². The fourth-order valence-corrected chi connectivity index (χ4v) is 9.95. The van der Waals surface area contributed by atoms with Gasteiger partial charge in [-0.05, 0) is 62.7 Å². The Morgan fingerprint density at radius 3 is 1.86 bits per heavy atom. The van der Waals surface area contributed by atoms with E-state index >= 15 is 0 Å². The molecule has 344 valence electrons. The Kier molecular flexibility index (Phi) is 13.5. The van der Waals surface area contributed by atoms with Crippen molar-refractivity contribution in [3.05, 3.63) is 146 Å². The first-order valence-corrected chi connectivity index (χ1v) is 23.6. The maximum atomic E-state index is 12.7. The molecule has 0 amide bonds. The smallest absolute Gasteiger partial charge is 0.347 e. The Balaban J connectivity index is 0.000000151. The van der Waals surface area contributed by atoms with Crippen molar-refractivity contribution in [3.63, 3.8) is 0 Å². The number of nitrogens with zero attached hydrogens (tertiary/aromatic N) is 2. The van der Waals surface area contributed by atoms with Crippen LogP contribution in [0.5, 0.6) is 28.7 Å². The molecule has 7 aromatic rings. The zero-order valence-electron chi connectivity index (χ0n) is 35.9. The fraction of sp³-hybridized carbons (Fsp3) is 0.191. The summed E-state index contributed by atoms with van der Waals surface area (Å²) in [4.78, 5) is 26.4. The lowest BCUT2D eigenvalue weighted by molar-refractivity contribution is 0.0595. The average molecular weight is 978 g/mol. The van der Waals surface area contributed by atoms with Gasteiger partial charge in [-0.1, -0.05) is 96.0 Å². The van der Waals surface area contributed by atoms with Crippen molar-refractivity contribution in [3.8, 4) is 28.7 Å². The Morgan fingerprint density at radius 2 is 1.27 bits per heavy atom. The molecular formula is C47H42Cl2N2O13S2. The van der Waals surface area contributed by atoms with E-state index < -0.39 is 53.5 Å². The van der Waals surface area contributed by atoms with E-state index in [1.165, 1.54) is 79.9 Å². The van der Waals surface area contributed by atoms with Crippen LogP contribution in [0.2, 0.25) is 10.0 Å². The van der Waals surface area contributed by atoms with Crippen LogP contribution in [0.1, 0.15) is 54.2 Å². The summed E-state index contributed by atoms with van der Waals surface area (Å²) in [5.41, 5.74) is 6.07. The van der Waals surface area contributed by atoms with Crippen LogP contribution in [0.4, 0.5) is 0 Å². The molecule has 3 heterocycles. The van der Waals surface area contributed by atoms with E-state index in [2.05, 4.69) is 71.1 Å². The number of likely N-dealkylation sites (N-methyl/N-ethyl adjacent to an activating group) is 1. The van der Waals surface area contributed by atoms with Crippen molar-refractivity contribution < 1.29 is 60.0 Å². The van der Waals surface area contributed by atoms with Gasteiger partial charge in [0.05, 0.1) is 12.1 Å². The molecule has 2 aliphatic heterocycles. The van der Waals surface area contributed by atoms with Crippen LogP contribution in [-0.2, 0) is 44.5 Å². The number of aromatic nitrogens is 1. The number of halogens is 2. The normalized spacial score (nSPS) is 13.4. The van der Waals surface area contributed by atoms with Gasteiger partial charge in [-0.2, -0.15) is 16.8 Å². The van der Waals surface area contributed by atoms with E-state index in [0.717, 1.165) is 38.2 Å². The topological polar surface area (TPSA) is 219 Å². The zero-order chi connectivity index (χ0) is 48.0. The third kappa shape index (κ3) is 9.02. The summed E-state index contributed by atoms with van der Waals surface area (Å²) >= 11 is 12.2. The van der Waals surface area contributed by atoms with Gasteiger partial charge in [0, 0.05) is 64.6 Å². The maximum Gasteiger partial charge on any atom is 0.347 e. The second kappa shape index (κ2) is 18.6. The molecule has 2 aliphatic rings. The van der Waals surface area contributed by atoms with Gasteiger partial charge in [0.15, 0.2) is 23.0 Å². The van der Waals surface area contributed by atoms with Gasteiger partial charge in [-0.25, -0.2) is 9.59 Å². The largest absolute Gasteiger partial charge is 0.507 e. The number of carbonyl (C=O) groups excluding carboxylic acids is 2. The summed E-state index contributed by atoms with van der Waals surface area (Å²) in [7, 11) is -5.56. The number of hydrogen-bond donors (Lipinski definition) is 4. The highest BCUT2D eigenvalue weighted by molar-refractivity contribution is 7.86. The molecule has 0 atom stereocenters. The number of phenolic OH excluding ortho intramolecular Hbond substituents is 2. The minimum atomic E-state index is -4.47. The molecule has 15 nitrogen and oxygen atoms in total. The predicted molar refractivity (Wildman–Crippen MR) is 248 cm³/mol. The predicted octanol–water partition coefficient (Wildman–Crippen LogP) is 9.45. The van der Waals surface area contributed by atoms with Gasteiger partial charge in [0.1, 0.15) is 31.7 Å². The highest BCUT2D eigenvalue weighted by Gasteiger charge is 2.36. The number of ether oxygens (including phenoxy) is 3. The number of para-hydroxylation sites is 1. The lowest BCUT2D eigenvalue weighted by atomic mass is 10.0. The third-order valence-corrected chi connectivity index (χ3v) is 14.0. The average Bonchev–Trinajstić information content (AvgIpc) is 3.48. The number of esters is 2. The Bertz CT molecular complexity index is 3270. The molecule has 0 saturated heterocycles. The summed E-state index contributed by atoms with van der Waals surface area (Å²) in [6.45, 7) is 7.62. The second-order valence-corrected chi connectivity index (χ2v) is 19.0. The molecule has 0 radical (unpaired) electrons. The molecule has 0 fully saturated rings. The number of methoxy groups -OCH3 is 1. The zero-order valence-corrected chi connectivity index (χ0v) is 39.1. The van der Waals surface area contributed by atoms with E-state index in [4.69, 9.17) is 46.5 Å². The SMILES string of the molecule is CN1CCc2c(c3ccccc3n2Cc2ccccc2)C1.COC(=O)c1c(C)c2c(c(C)c1O)OC(=O)c1c(C)c(Cl)c(O)c(Cl)c1O2.O=S(=O)(O)c1cccc2c(S(=O)(=O)O)cccc12. The number of benzene rings is 6. The van der Waals surface area contributed by atoms with E-state index in [1.807, 2.05) is 0 Å². The number of hydrogen-bond acceptors (Lipinski definition) is 12. The monoisotopic (exact) mass is 976 g/mol. The van der Waals surface area contributed by atoms with Gasteiger partial charge < -0.3 is 33.9 Å². The Morgan fingerprint density at radius 1 is 0.712 bits per heavy atom. The summed E-state index contributed by atoms with van der Waals surface area (Å²) in [5.74, 6) is -2.74. The van der Waals surface area contributed by atoms with Gasteiger partial charge in [0.25, 0.3) is 20.2 Å². The molecule has 0 spiro atoms. The van der Waals surface area contributed by atoms with Crippen LogP contribution in [0, 0.1) is 20.8 Å². The van der Waals surface area contributed by atoms with E-state index in [9.17, 15) is 36.6 Å². The minimum Gasteiger partial charge on any atom is -0.507 e. The van der Waals surface area contributed by atoms with Crippen molar-refractivity contribution in [1.82, 2.24) is 9.47 Å². The van der Waals surface area contributed by atoms with Crippen molar-refractivity contribution >= 4 is 77.1 Å². The van der Waals surface area contributed by atoms with Crippen molar-refractivity contribution in [2.45, 2.75) is 50.1 Å². The first-order chi connectivity index (χ1) is 31.1. The summed E-state index contributed by atoms with van der Waals surface area (Å²) in [5, 5.41) is 21.6. The molecule has 4 N–H and O–H groups in total. The quantitative estimate of drug-likeness (QED) is 0.0718. The Hall–Kier alpha value is -6.18. The Labute approximate surface area is 389 Å². The van der Waals surface area contributed by atoms with Gasteiger partial charge in [-0.3, -0.25) is 9.11 Å². The van der Waals surface area contributed by atoms with Crippen LogP contribution in [-0.4, -0.2) is 78.3 Å². The standard InChI is InChI=1S/C19H20N2.C18H14Cl2O7.C10H8O6S2/c1-20-12-11-19-17(14-20)16-9-5-6-10-18(16)21(19)13-15-7-3-2-4-8-15;1-5-9-16(11(20)13(22)10(5)19)26-14-6(2)8(17(23)25-4)12(21)7(3)15(14)27-18(9)24;11-17(12,13)9-5-1-3-7-8(9)4-2-6-10(7)18(14,15)16/h2-10H,11-14H2,1H3;21-22H,1-4H3;1-6H,(H,11,12,13)(H,14,15,16). The van der Waals surface area contributed by atoms with Gasteiger partial charge >= 0.3 is 11.9 Å². The van der Waals surface area contributed by atoms with Crippen LogP contribution >= 0.6 is 23.2 Å². The molecule has 66 heavy (non-hydrogen) atoms. The molecule has 0 saturated carbocycles. The molecule has 6 aromatic carbocycles. The molecule has 0 bridgehead atoms. The van der Waals surface area contributed by atoms with Gasteiger partial charge in [0.2, 0.25) is 0 Å². The lowest BCUT2D eigenvalue weighted by Gasteiger charge is -2.24. The molecule has 0 aliphatic carbocycles. The first-order valence-electron chi connectivity index (χ1n) is 20.0. The maximum absolute atomic E-state index is 12.7. The van der Waals surface area contributed by atoms with Crippen molar-refractivity contribution in [1.29, 1.82) is 0 Å². The molecule has 0 unspecified atom stereocenters. The lowest BCUT2D eigenvalue weighted by Crippen LogP contribution is -2.27. The molecule has 1 aromatic heterocycles. The highest BCUT2D eigenvalue weighted by Crippen LogP contribution is 2.53. The van der Waals surface area contributed by atoms with Crippen LogP contribution in [0.15, 0.2) is 101 Å². The number of phenols is 2. The van der Waals surface area contributed by atoms with E-state index in [0.29, 0.717) is 0 Å². The second-order valence-electron chi connectivity index (χ2n) is 15.5. The fourth-order valence-electron chi connectivity index (χ4n) is 8.07. The number of rotatable bonds is 5. The summed E-state index contributed by atoms with van der Waals surface area (Å²) < 4.78 is 81.1. The highest BCUT2D eigenvalue weighted by atomic mass is 35.5. The molecular weight excluding hydrogens is 936 g/mol. The van der Waals surface area contributed by atoms with Crippen molar-refractivity contribution in [2.75, 3.05) is 20.7 Å². The van der Waals surface area contributed by atoms with Crippen LogP contribution in [0.25, 0.3) is 21.7 Å². The summed E-state index contributed by atoms with van der Waals surface area (Å²) in [6, 6.07) is 27.1. The van der Waals surface area contributed by atoms with Crippen LogP contribution < -0.4 is 9.47 Å². The van der Waals surface area contributed by atoms with E-state index in [-0.39, 0.29) is 65.9 Å². The third-order valence-electron chi connectivity index (χ3n) is 11.3.